The molecule has 0 aliphatic rings. The lowest BCUT2D eigenvalue weighted by atomic mass is 10.3. The van der Waals surface area contributed by atoms with Crippen molar-refractivity contribution in [3.05, 3.63) is 34.3 Å². The number of anilines is 3. The molecule has 1 heterocycles. The first-order valence-electron chi connectivity index (χ1n) is 6.11. The predicted molar refractivity (Wildman–Crippen MR) is 82.5 cm³/mol. The molecule has 0 aliphatic heterocycles. The molecule has 0 fully saturated rings. The first-order chi connectivity index (χ1) is 10.1. The van der Waals surface area contributed by atoms with Crippen molar-refractivity contribution >= 4 is 40.5 Å². The minimum absolute atomic E-state index is 0.0788. The SMILES string of the molecule is CCNc1ncnc(Nc2cc(Cl)c(F)c(Cl)c2)c1OC. The van der Waals surface area contributed by atoms with E-state index in [2.05, 4.69) is 20.6 Å². The van der Waals surface area contributed by atoms with E-state index in [1.54, 1.807) is 0 Å². The molecule has 21 heavy (non-hydrogen) atoms. The van der Waals surface area contributed by atoms with Crippen molar-refractivity contribution in [1.82, 2.24) is 9.97 Å². The van der Waals surface area contributed by atoms with Gasteiger partial charge in [-0.1, -0.05) is 23.2 Å². The molecule has 2 rings (SSSR count). The van der Waals surface area contributed by atoms with Crippen molar-refractivity contribution in [2.45, 2.75) is 6.92 Å². The number of methoxy groups -OCH3 is 1. The number of benzene rings is 1. The van der Waals surface area contributed by atoms with Gasteiger partial charge in [0.2, 0.25) is 5.75 Å². The van der Waals surface area contributed by atoms with Crippen LogP contribution < -0.4 is 15.4 Å². The Balaban J connectivity index is 2.37. The van der Waals surface area contributed by atoms with Crippen LogP contribution in [-0.4, -0.2) is 23.6 Å². The average molecular weight is 331 g/mol. The summed E-state index contributed by atoms with van der Waals surface area (Å²) in [6.07, 6.45) is 1.38. The highest BCUT2D eigenvalue weighted by molar-refractivity contribution is 6.35. The Bertz CT molecular complexity index is 631. The van der Waals surface area contributed by atoms with Crippen molar-refractivity contribution in [1.29, 1.82) is 0 Å². The minimum atomic E-state index is -0.660. The van der Waals surface area contributed by atoms with Gasteiger partial charge in [-0.25, -0.2) is 14.4 Å². The van der Waals surface area contributed by atoms with Crippen LogP contribution in [0.15, 0.2) is 18.5 Å². The second-order valence-corrected chi connectivity index (χ2v) is 4.83. The number of ether oxygens (including phenoxy) is 1. The topological polar surface area (TPSA) is 59.1 Å². The maximum absolute atomic E-state index is 13.4. The number of aromatic nitrogens is 2. The summed E-state index contributed by atoms with van der Waals surface area (Å²) in [4.78, 5) is 8.19. The fraction of sp³-hybridized carbons (Fsp3) is 0.231. The molecule has 1 aromatic carbocycles. The van der Waals surface area contributed by atoms with Crippen molar-refractivity contribution in [3.8, 4) is 5.75 Å². The summed E-state index contributed by atoms with van der Waals surface area (Å²) >= 11 is 11.5. The number of hydrogen-bond donors (Lipinski definition) is 2. The monoisotopic (exact) mass is 330 g/mol. The smallest absolute Gasteiger partial charge is 0.204 e. The predicted octanol–water partition coefficient (Wildman–Crippen LogP) is 4.11. The highest BCUT2D eigenvalue weighted by Crippen LogP contribution is 2.33. The molecule has 0 unspecified atom stereocenters. The van der Waals surface area contributed by atoms with Crippen LogP contribution in [0, 0.1) is 5.82 Å². The third-order valence-corrected chi connectivity index (χ3v) is 3.15. The van der Waals surface area contributed by atoms with Crippen LogP contribution in [0.1, 0.15) is 6.92 Å². The molecular formula is C13H13Cl2FN4O. The molecule has 0 amide bonds. The lowest BCUT2D eigenvalue weighted by Crippen LogP contribution is -2.06. The van der Waals surface area contributed by atoms with E-state index in [9.17, 15) is 4.39 Å². The summed E-state index contributed by atoms with van der Waals surface area (Å²) in [6, 6.07) is 2.83. The zero-order valence-corrected chi connectivity index (χ0v) is 12.9. The Labute approximate surface area is 131 Å². The standard InChI is InChI=1S/C13H13Cl2FN4O/c1-3-17-12-11(21-2)13(19-6-18-12)20-7-4-8(14)10(16)9(15)5-7/h4-6H,3H2,1-2H3,(H2,17,18,19,20). The van der Waals surface area contributed by atoms with E-state index in [1.165, 1.54) is 25.6 Å². The first-order valence-corrected chi connectivity index (χ1v) is 6.86. The molecular weight excluding hydrogens is 318 g/mol. The third kappa shape index (κ3) is 3.46. The van der Waals surface area contributed by atoms with Crippen molar-refractivity contribution in [2.24, 2.45) is 0 Å². The number of nitrogens with one attached hydrogen (secondary N) is 2. The Morgan fingerprint density at radius 2 is 1.81 bits per heavy atom. The van der Waals surface area contributed by atoms with Gasteiger partial charge in [-0.3, -0.25) is 0 Å². The van der Waals surface area contributed by atoms with E-state index < -0.39 is 5.82 Å². The van der Waals surface area contributed by atoms with Gasteiger partial charge in [0.05, 0.1) is 17.2 Å². The third-order valence-electron chi connectivity index (χ3n) is 2.60. The molecule has 0 saturated heterocycles. The van der Waals surface area contributed by atoms with Gasteiger partial charge in [0.15, 0.2) is 17.5 Å². The quantitative estimate of drug-likeness (QED) is 0.808. The molecule has 0 atom stereocenters. The Kier molecular flexibility index (Phi) is 5.03. The Hall–Kier alpha value is -1.79. The zero-order chi connectivity index (χ0) is 15.4. The van der Waals surface area contributed by atoms with Gasteiger partial charge < -0.3 is 15.4 Å². The number of halogens is 3. The molecule has 0 saturated carbocycles. The molecule has 2 aromatic rings. The van der Waals surface area contributed by atoms with E-state index in [4.69, 9.17) is 27.9 Å². The van der Waals surface area contributed by atoms with Crippen molar-refractivity contribution < 1.29 is 9.13 Å². The van der Waals surface area contributed by atoms with Gasteiger partial charge in [0, 0.05) is 12.2 Å². The number of rotatable bonds is 5. The first kappa shape index (κ1) is 15.6. The van der Waals surface area contributed by atoms with E-state index in [-0.39, 0.29) is 10.0 Å². The molecule has 0 bridgehead atoms. The molecule has 0 aliphatic carbocycles. The summed E-state index contributed by atoms with van der Waals surface area (Å²) in [5.41, 5.74) is 0.492. The minimum Gasteiger partial charge on any atom is -0.490 e. The van der Waals surface area contributed by atoms with Crippen LogP contribution in [0.4, 0.5) is 21.7 Å². The largest absolute Gasteiger partial charge is 0.490 e. The molecule has 5 nitrogen and oxygen atoms in total. The van der Waals surface area contributed by atoms with E-state index >= 15 is 0 Å². The van der Waals surface area contributed by atoms with Crippen LogP contribution in [0.3, 0.4) is 0 Å². The number of hydrogen-bond acceptors (Lipinski definition) is 5. The summed E-state index contributed by atoms with van der Waals surface area (Å²) in [6.45, 7) is 2.62. The lowest BCUT2D eigenvalue weighted by molar-refractivity contribution is 0.415. The maximum Gasteiger partial charge on any atom is 0.204 e. The van der Waals surface area contributed by atoms with Crippen molar-refractivity contribution in [3.63, 3.8) is 0 Å². The second-order valence-electron chi connectivity index (χ2n) is 4.01. The van der Waals surface area contributed by atoms with Gasteiger partial charge in [-0.05, 0) is 19.1 Å². The van der Waals surface area contributed by atoms with Gasteiger partial charge in [0.1, 0.15) is 6.33 Å². The van der Waals surface area contributed by atoms with Gasteiger partial charge in [0.25, 0.3) is 0 Å². The highest BCUT2D eigenvalue weighted by atomic mass is 35.5. The van der Waals surface area contributed by atoms with E-state index in [0.717, 1.165) is 0 Å². The van der Waals surface area contributed by atoms with Crippen molar-refractivity contribution in [2.75, 3.05) is 24.3 Å². The summed E-state index contributed by atoms with van der Waals surface area (Å²) in [7, 11) is 1.51. The van der Waals surface area contributed by atoms with Gasteiger partial charge in [-0.15, -0.1) is 0 Å². The van der Waals surface area contributed by atoms with Crippen LogP contribution in [-0.2, 0) is 0 Å². The average Bonchev–Trinajstić information content (AvgIpc) is 2.45. The Morgan fingerprint density at radius 1 is 1.19 bits per heavy atom. The Morgan fingerprint density at radius 3 is 2.38 bits per heavy atom. The maximum atomic E-state index is 13.4. The molecule has 8 heteroatoms. The molecule has 0 radical (unpaired) electrons. The van der Waals surface area contributed by atoms with Gasteiger partial charge >= 0.3 is 0 Å². The number of nitrogens with zero attached hydrogens (tertiary/aromatic N) is 2. The summed E-state index contributed by atoms with van der Waals surface area (Å²) in [5, 5.41) is 5.88. The van der Waals surface area contributed by atoms with E-state index in [1.807, 2.05) is 6.92 Å². The second kappa shape index (κ2) is 6.78. The fourth-order valence-corrected chi connectivity index (χ4v) is 2.20. The highest BCUT2D eigenvalue weighted by Gasteiger charge is 2.13. The summed E-state index contributed by atoms with van der Waals surface area (Å²) in [5.74, 6) is 0.752. The molecule has 1 aromatic heterocycles. The van der Waals surface area contributed by atoms with E-state index in [0.29, 0.717) is 29.6 Å². The fourth-order valence-electron chi connectivity index (χ4n) is 1.71. The molecule has 0 spiro atoms. The van der Waals surface area contributed by atoms with Crippen LogP contribution in [0.25, 0.3) is 0 Å². The van der Waals surface area contributed by atoms with Gasteiger partial charge in [-0.2, -0.15) is 0 Å². The lowest BCUT2D eigenvalue weighted by Gasteiger charge is -2.14. The van der Waals surface area contributed by atoms with Crippen LogP contribution in [0.2, 0.25) is 10.0 Å². The molecule has 112 valence electrons. The normalized spacial score (nSPS) is 10.3. The van der Waals surface area contributed by atoms with Crippen LogP contribution >= 0.6 is 23.2 Å². The van der Waals surface area contributed by atoms with Crippen LogP contribution in [0.5, 0.6) is 5.75 Å². The zero-order valence-electron chi connectivity index (χ0n) is 11.4. The molecule has 2 N–H and O–H groups in total. The summed E-state index contributed by atoms with van der Waals surface area (Å²) < 4.78 is 18.7.